The van der Waals surface area contributed by atoms with E-state index in [9.17, 15) is 9.59 Å². The van der Waals surface area contributed by atoms with Crippen molar-refractivity contribution in [2.75, 3.05) is 5.84 Å². The van der Waals surface area contributed by atoms with Gasteiger partial charge in [0.2, 0.25) is 0 Å². The van der Waals surface area contributed by atoms with Crippen molar-refractivity contribution in [1.82, 2.24) is 9.66 Å². The molecule has 0 aliphatic carbocycles. The summed E-state index contributed by atoms with van der Waals surface area (Å²) in [5.74, 6) is 6.58. The number of nitrogens with two attached hydrogens (primary N) is 1. The lowest BCUT2D eigenvalue weighted by atomic mass is 10.0. The van der Waals surface area contributed by atoms with E-state index in [4.69, 9.17) is 5.84 Å². The van der Waals surface area contributed by atoms with E-state index in [1.165, 1.54) is 4.68 Å². The van der Waals surface area contributed by atoms with Crippen molar-refractivity contribution in [3.63, 3.8) is 0 Å². The molecule has 0 saturated carbocycles. The highest BCUT2D eigenvalue weighted by Crippen LogP contribution is 2.29. The SMILES string of the molecule is Nn1c2cc3c(=O)c4ccc5ccccc5c4[nH]c3cc2c(=O)c2ccc3ccccc3c21. The van der Waals surface area contributed by atoms with Gasteiger partial charge in [-0.1, -0.05) is 60.7 Å². The van der Waals surface area contributed by atoms with Gasteiger partial charge in [-0.05, 0) is 35.0 Å². The summed E-state index contributed by atoms with van der Waals surface area (Å²) in [5, 5.41) is 6.05. The Bertz CT molecular complexity index is 2080. The van der Waals surface area contributed by atoms with E-state index in [2.05, 4.69) is 4.98 Å². The first-order valence-electron chi connectivity index (χ1n) is 10.7. The first-order chi connectivity index (χ1) is 16.1. The standard InChI is InChI=1S/C28H17N3O2/c29-31-24-14-21-23(30-25-17-7-3-1-5-15(17)9-11-19(25)27(21)32)13-22(24)28(33)20-12-10-16-6-2-4-8-18(16)26(20)31/h1-14H,29H2,(H,30,32). The van der Waals surface area contributed by atoms with Crippen LogP contribution in [-0.2, 0) is 0 Å². The van der Waals surface area contributed by atoms with Crippen LogP contribution in [-0.4, -0.2) is 9.66 Å². The van der Waals surface area contributed by atoms with Crippen LogP contribution in [0, 0.1) is 0 Å². The number of aromatic amines is 1. The number of hydrogen-bond acceptors (Lipinski definition) is 3. The number of H-pyrrole nitrogens is 1. The van der Waals surface area contributed by atoms with Crippen molar-refractivity contribution < 1.29 is 0 Å². The number of rotatable bonds is 0. The van der Waals surface area contributed by atoms with Crippen LogP contribution in [0.2, 0.25) is 0 Å². The van der Waals surface area contributed by atoms with Crippen molar-refractivity contribution in [3.8, 4) is 0 Å². The quantitative estimate of drug-likeness (QED) is 0.199. The molecule has 0 saturated heterocycles. The van der Waals surface area contributed by atoms with Gasteiger partial charge >= 0.3 is 0 Å². The van der Waals surface area contributed by atoms with E-state index in [1.54, 1.807) is 12.1 Å². The Hall–Kier alpha value is -4.64. The van der Waals surface area contributed by atoms with Gasteiger partial charge in [-0.25, -0.2) is 0 Å². The van der Waals surface area contributed by atoms with Crippen LogP contribution in [0.5, 0.6) is 0 Å². The molecule has 0 aliphatic heterocycles. The normalized spacial score (nSPS) is 12.0. The fourth-order valence-electron chi connectivity index (χ4n) is 5.10. The molecule has 156 valence electrons. The number of nitrogens with one attached hydrogen (secondary N) is 1. The Labute approximate surface area is 186 Å². The van der Waals surface area contributed by atoms with E-state index < -0.39 is 0 Å². The molecule has 0 atom stereocenters. The number of nitrogen functional groups attached to an aromatic ring is 1. The topological polar surface area (TPSA) is 80.9 Å². The third kappa shape index (κ3) is 2.31. The lowest BCUT2D eigenvalue weighted by Gasteiger charge is -2.14. The monoisotopic (exact) mass is 427 g/mol. The number of nitrogens with zero attached hydrogens (tertiary/aromatic N) is 1. The lowest BCUT2D eigenvalue weighted by Crippen LogP contribution is -2.18. The van der Waals surface area contributed by atoms with Crippen molar-refractivity contribution in [1.29, 1.82) is 0 Å². The van der Waals surface area contributed by atoms with Gasteiger partial charge in [0.1, 0.15) is 0 Å². The largest absolute Gasteiger partial charge is 0.354 e. The van der Waals surface area contributed by atoms with E-state index in [0.717, 1.165) is 27.1 Å². The number of fused-ring (bicyclic) bond motifs is 8. The molecule has 5 nitrogen and oxygen atoms in total. The first-order valence-corrected chi connectivity index (χ1v) is 10.7. The van der Waals surface area contributed by atoms with E-state index in [-0.39, 0.29) is 10.9 Å². The summed E-state index contributed by atoms with van der Waals surface area (Å²) in [7, 11) is 0. The van der Waals surface area contributed by atoms with Gasteiger partial charge < -0.3 is 10.8 Å². The predicted octanol–water partition coefficient (Wildman–Crippen LogP) is 5.17. The molecular weight excluding hydrogens is 410 g/mol. The maximum atomic E-state index is 13.5. The average Bonchev–Trinajstić information content (AvgIpc) is 2.86. The number of benzene rings is 5. The van der Waals surface area contributed by atoms with Crippen LogP contribution in [0.25, 0.3) is 65.2 Å². The molecule has 0 fully saturated rings. The van der Waals surface area contributed by atoms with Crippen molar-refractivity contribution in [2.45, 2.75) is 0 Å². The molecule has 0 bridgehead atoms. The second kappa shape index (κ2) is 6.20. The zero-order chi connectivity index (χ0) is 22.3. The maximum Gasteiger partial charge on any atom is 0.197 e. The highest BCUT2D eigenvalue weighted by molar-refractivity contribution is 6.12. The Morgan fingerprint density at radius 1 is 0.606 bits per heavy atom. The molecule has 5 heteroatoms. The van der Waals surface area contributed by atoms with Gasteiger partial charge in [-0.3, -0.25) is 14.3 Å². The fraction of sp³-hybridized carbons (Fsp3) is 0. The maximum absolute atomic E-state index is 13.5. The Morgan fingerprint density at radius 2 is 1.24 bits per heavy atom. The van der Waals surface area contributed by atoms with Gasteiger partial charge in [0.05, 0.1) is 27.5 Å². The Morgan fingerprint density at radius 3 is 2.03 bits per heavy atom. The molecule has 0 amide bonds. The molecule has 3 N–H and O–H groups in total. The summed E-state index contributed by atoms with van der Waals surface area (Å²) in [6, 6.07) is 26.8. The van der Waals surface area contributed by atoms with E-state index >= 15 is 0 Å². The molecule has 2 heterocycles. The molecule has 7 aromatic rings. The van der Waals surface area contributed by atoms with E-state index in [1.807, 2.05) is 72.8 Å². The number of pyridine rings is 2. The Kier molecular flexibility index (Phi) is 3.38. The van der Waals surface area contributed by atoms with Crippen molar-refractivity contribution in [3.05, 3.63) is 105 Å². The van der Waals surface area contributed by atoms with Gasteiger partial charge in [0, 0.05) is 26.9 Å². The van der Waals surface area contributed by atoms with Crippen LogP contribution in [0.4, 0.5) is 0 Å². The van der Waals surface area contributed by atoms with Crippen LogP contribution >= 0.6 is 0 Å². The van der Waals surface area contributed by atoms with Crippen LogP contribution in [0.1, 0.15) is 0 Å². The minimum absolute atomic E-state index is 0.0862. The van der Waals surface area contributed by atoms with Gasteiger partial charge in [-0.15, -0.1) is 0 Å². The molecule has 0 spiro atoms. The number of aromatic nitrogens is 2. The highest BCUT2D eigenvalue weighted by atomic mass is 16.1. The van der Waals surface area contributed by atoms with Crippen LogP contribution in [0.3, 0.4) is 0 Å². The third-order valence-corrected chi connectivity index (χ3v) is 6.70. The molecule has 0 unspecified atom stereocenters. The van der Waals surface area contributed by atoms with Gasteiger partial charge in [0.25, 0.3) is 0 Å². The number of hydrogen-bond donors (Lipinski definition) is 2. The smallest absolute Gasteiger partial charge is 0.197 e. The second-order valence-electron chi connectivity index (χ2n) is 8.46. The second-order valence-corrected chi connectivity index (χ2v) is 8.46. The molecule has 2 aromatic heterocycles. The lowest BCUT2D eigenvalue weighted by molar-refractivity contribution is 1.11. The molecule has 5 aromatic carbocycles. The molecule has 0 radical (unpaired) electrons. The van der Waals surface area contributed by atoms with Crippen LogP contribution < -0.4 is 16.7 Å². The summed E-state index contributed by atoms with van der Waals surface area (Å²) >= 11 is 0. The summed E-state index contributed by atoms with van der Waals surface area (Å²) in [5.41, 5.74) is 2.39. The van der Waals surface area contributed by atoms with Gasteiger partial charge in [0.15, 0.2) is 10.9 Å². The fourth-order valence-corrected chi connectivity index (χ4v) is 5.10. The molecular formula is C28H17N3O2. The summed E-state index contributed by atoms with van der Waals surface area (Å²) in [6.07, 6.45) is 0. The minimum atomic E-state index is -0.104. The predicted molar refractivity (Wildman–Crippen MR) is 137 cm³/mol. The summed E-state index contributed by atoms with van der Waals surface area (Å²) < 4.78 is 1.54. The zero-order valence-corrected chi connectivity index (χ0v) is 17.4. The third-order valence-electron chi connectivity index (χ3n) is 6.70. The van der Waals surface area contributed by atoms with Crippen molar-refractivity contribution >= 4 is 65.2 Å². The van der Waals surface area contributed by atoms with Crippen molar-refractivity contribution in [2.24, 2.45) is 0 Å². The molecule has 33 heavy (non-hydrogen) atoms. The molecule has 0 aliphatic rings. The minimum Gasteiger partial charge on any atom is -0.354 e. The zero-order valence-electron chi connectivity index (χ0n) is 17.4. The van der Waals surface area contributed by atoms with E-state index in [0.29, 0.717) is 38.1 Å². The van der Waals surface area contributed by atoms with Gasteiger partial charge in [-0.2, -0.15) is 0 Å². The first kappa shape index (κ1) is 18.0. The Balaban J connectivity index is 1.71. The van der Waals surface area contributed by atoms with Crippen LogP contribution in [0.15, 0.2) is 94.5 Å². The summed E-state index contributed by atoms with van der Waals surface area (Å²) in [6.45, 7) is 0. The highest BCUT2D eigenvalue weighted by Gasteiger charge is 2.15. The molecule has 7 rings (SSSR count). The summed E-state index contributed by atoms with van der Waals surface area (Å²) in [4.78, 5) is 30.4. The average molecular weight is 427 g/mol.